The highest BCUT2D eigenvalue weighted by molar-refractivity contribution is 5.50. The summed E-state index contributed by atoms with van der Waals surface area (Å²) in [7, 11) is 2.12. The van der Waals surface area contributed by atoms with Gasteiger partial charge in [-0.3, -0.25) is 4.90 Å². The quantitative estimate of drug-likeness (QED) is 0.891. The summed E-state index contributed by atoms with van der Waals surface area (Å²) in [6, 6.07) is 5.21. The normalized spacial score (nSPS) is 21.5. The highest BCUT2D eigenvalue weighted by atomic mass is 19.1. The van der Waals surface area contributed by atoms with E-state index in [0.29, 0.717) is 5.69 Å². The van der Waals surface area contributed by atoms with Crippen LogP contribution in [-0.2, 0) is 0 Å². The van der Waals surface area contributed by atoms with Crippen molar-refractivity contribution in [1.82, 2.24) is 4.90 Å². The van der Waals surface area contributed by atoms with Crippen molar-refractivity contribution in [3.05, 3.63) is 29.6 Å². The van der Waals surface area contributed by atoms with E-state index >= 15 is 0 Å². The molecule has 0 spiro atoms. The van der Waals surface area contributed by atoms with Gasteiger partial charge in [0, 0.05) is 31.2 Å². The Kier molecular flexibility index (Phi) is 3.83. The second kappa shape index (κ2) is 5.10. The first kappa shape index (κ1) is 14.3. The number of piperazine rings is 1. The zero-order valence-electron chi connectivity index (χ0n) is 12.3. The maximum absolute atomic E-state index is 14.2. The van der Waals surface area contributed by atoms with Gasteiger partial charge in [0.1, 0.15) is 5.82 Å². The summed E-state index contributed by atoms with van der Waals surface area (Å²) in [6.45, 7) is 8.88. The number of hydrogen-bond donors (Lipinski definition) is 1. The maximum Gasteiger partial charge on any atom is 0.146 e. The number of benzene rings is 1. The molecule has 1 fully saturated rings. The summed E-state index contributed by atoms with van der Waals surface area (Å²) < 4.78 is 14.2. The molecule has 2 N–H and O–H groups in total. The highest BCUT2D eigenvalue weighted by Crippen LogP contribution is 2.28. The van der Waals surface area contributed by atoms with Gasteiger partial charge in [-0.1, -0.05) is 6.07 Å². The van der Waals surface area contributed by atoms with Crippen molar-refractivity contribution in [2.75, 3.05) is 31.6 Å². The van der Waals surface area contributed by atoms with E-state index in [1.807, 2.05) is 19.1 Å². The van der Waals surface area contributed by atoms with Crippen LogP contribution in [0.1, 0.15) is 32.4 Å². The molecular weight excluding hydrogens is 241 g/mol. The summed E-state index contributed by atoms with van der Waals surface area (Å²) in [6.07, 6.45) is 0. The fourth-order valence-electron chi connectivity index (χ4n) is 2.51. The van der Waals surface area contributed by atoms with Gasteiger partial charge in [0.15, 0.2) is 0 Å². The van der Waals surface area contributed by atoms with Crippen LogP contribution in [0.5, 0.6) is 0 Å². The lowest BCUT2D eigenvalue weighted by molar-refractivity contribution is 0.138. The molecule has 1 aliphatic heterocycles. The predicted octanol–water partition coefficient (Wildman–Crippen LogP) is 2.38. The number of anilines is 1. The van der Waals surface area contributed by atoms with Crippen molar-refractivity contribution in [1.29, 1.82) is 0 Å². The Hall–Kier alpha value is -1.13. The Labute approximate surface area is 115 Å². The van der Waals surface area contributed by atoms with Crippen LogP contribution in [0, 0.1) is 5.82 Å². The molecule has 0 aromatic heterocycles. The van der Waals surface area contributed by atoms with Crippen LogP contribution in [0.3, 0.4) is 0 Å². The first-order chi connectivity index (χ1) is 8.81. The molecule has 1 heterocycles. The third-order valence-electron chi connectivity index (χ3n) is 4.15. The van der Waals surface area contributed by atoms with Crippen molar-refractivity contribution in [3.63, 3.8) is 0 Å². The number of likely N-dealkylation sites (N-methyl/N-ethyl adjacent to an activating group) is 1. The molecule has 0 saturated carbocycles. The fraction of sp³-hybridized carbons (Fsp3) is 0.600. The Bertz CT molecular complexity index is 457. The zero-order valence-corrected chi connectivity index (χ0v) is 12.3. The van der Waals surface area contributed by atoms with Gasteiger partial charge in [-0.15, -0.1) is 0 Å². The zero-order chi connectivity index (χ0) is 14.2. The van der Waals surface area contributed by atoms with Gasteiger partial charge in [0.05, 0.1) is 5.69 Å². The van der Waals surface area contributed by atoms with E-state index in [0.717, 1.165) is 25.2 Å². The fourth-order valence-corrected chi connectivity index (χ4v) is 2.51. The average molecular weight is 265 g/mol. The van der Waals surface area contributed by atoms with E-state index in [4.69, 9.17) is 5.73 Å². The van der Waals surface area contributed by atoms with E-state index in [1.54, 1.807) is 6.07 Å². The van der Waals surface area contributed by atoms with Crippen LogP contribution in [-0.4, -0.2) is 37.1 Å². The molecule has 1 aliphatic rings. The predicted molar refractivity (Wildman–Crippen MR) is 77.9 cm³/mol. The Morgan fingerprint density at radius 3 is 2.53 bits per heavy atom. The number of nitrogens with two attached hydrogens (primary N) is 1. The Morgan fingerprint density at radius 2 is 2.00 bits per heavy atom. The summed E-state index contributed by atoms with van der Waals surface area (Å²) in [5, 5.41) is 0. The van der Waals surface area contributed by atoms with Gasteiger partial charge in [0.25, 0.3) is 0 Å². The lowest BCUT2D eigenvalue weighted by atomic mass is 9.98. The van der Waals surface area contributed by atoms with Crippen LogP contribution in [0.25, 0.3) is 0 Å². The van der Waals surface area contributed by atoms with E-state index in [-0.39, 0.29) is 17.4 Å². The molecule has 1 saturated heterocycles. The lowest BCUT2D eigenvalue weighted by Crippen LogP contribution is -2.57. The second-order valence-electron chi connectivity index (χ2n) is 6.16. The Balaban J connectivity index is 2.23. The van der Waals surface area contributed by atoms with Crippen LogP contribution < -0.4 is 10.6 Å². The summed E-state index contributed by atoms with van der Waals surface area (Å²) in [4.78, 5) is 4.44. The highest BCUT2D eigenvalue weighted by Gasteiger charge is 2.31. The van der Waals surface area contributed by atoms with Crippen LogP contribution in [0.4, 0.5) is 10.1 Å². The molecule has 106 valence electrons. The van der Waals surface area contributed by atoms with Crippen LogP contribution in [0.15, 0.2) is 18.2 Å². The molecule has 1 aromatic rings. The van der Waals surface area contributed by atoms with E-state index in [9.17, 15) is 4.39 Å². The van der Waals surface area contributed by atoms with Crippen molar-refractivity contribution in [2.24, 2.45) is 5.73 Å². The summed E-state index contributed by atoms with van der Waals surface area (Å²) >= 11 is 0. The number of halogens is 1. The van der Waals surface area contributed by atoms with Gasteiger partial charge >= 0.3 is 0 Å². The molecule has 0 radical (unpaired) electrons. The maximum atomic E-state index is 14.2. The second-order valence-corrected chi connectivity index (χ2v) is 6.16. The SMILES string of the molecule is CC(N)c1ccc(N2CCN(C)C(C)(C)C2)c(F)c1. The first-order valence-electron chi connectivity index (χ1n) is 6.82. The van der Waals surface area contributed by atoms with Gasteiger partial charge in [0.2, 0.25) is 0 Å². The summed E-state index contributed by atoms with van der Waals surface area (Å²) in [5.41, 5.74) is 7.37. The van der Waals surface area contributed by atoms with E-state index < -0.39 is 0 Å². The van der Waals surface area contributed by atoms with Crippen molar-refractivity contribution in [3.8, 4) is 0 Å². The van der Waals surface area contributed by atoms with Crippen LogP contribution >= 0.6 is 0 Å². The molecule has 0 amide bonds. The Morgan fingerprint density at radius 1 is 1.32 bits per heavy atom. The van der Waals surface area contributed by atoms with Crippen molar-refractivity contribution >= 4 is 5.69 Å². The topological polar surface area (TPSA) is 32.5 Å². The van der Waals surface area contributed by atoms with Gasteiger partial charge in [-0.2, -0.15) is 0 Å². The van der Waals surface area contributed by atoms with Crippen molar-refractivity contribution < 1.29 is 4.39 Å². The van der Waals surface area contributed by atoms with Crippen molar-refractivity contribution in [2.45, 2.75) is 32.4 Å². The smallest absolute Gasteiger partial charge is 0.146 e. The molecule has 2 rings (SSSR count). The number of hydrogen-bond acceptors (Lipinski definition) is 3. The minimum absolute atomic E-state index is 0.0600. The molecule has 1 aromatic carbocycles. The number of rotatable bonds is 2. The third-order valence-corrected chi connectivity index (χ3v) is 4.15. The average Bonchev–Trinajstić information content (AvgIpc) is 2.32. The number of nitrogens with zero attached hydrogens (tertiary/aromatic N) is 2. The van der Waals surface area contributed by atoms with E-state index in [2.05, 4.69) is 30.7 Å². The molecule has 0 bridgehead atoms. The first-order valence-corrected chi connectivity index (χ1v) is 6.82. The molecule has 0 aliphatic carbocycles. The molecule has 3 nitrogen and oxygen atoms in total. The van der Waals surface area contributed by atoms with E-state index in [1.165, 1.54) is 0 Å². The van der Waals surface area contributed by atoms with Gasteiger partial charge in [-0.05, 0) is 45.5 Å². The van der Waals surface area contributed by atoms with Gasteiger partial charge < -0.3 is 10.6 Å². The minimum Gasteiger partial charge on any atom is -0.366 e. The minimum atomic E-state index is -0.171. The standard InChI is InChI=1S/C15H24FN3/c1-11(17)12-5-6-14(13(16)9-12)19-8-7-18(4)15(2,3)10-19/h5-6,9,11H,7-8,10,17H2,1-4H3. The van der Waals surface area contributed by atoms with Gasteiger partial charge in [-0.25, -0.2) is 4.39 Å². The molecule has 1 unspecified atom stereocenters. The van der Waals surface area contributed by atoms with Crippen LogP contribution in [0.2, 0.25) is 0 Å². The monoisotopic (exact) mass is 265 g/mol. The molecule has 1 atom stereocenters. The summed E-state index contributed by atoms with van der Waals surface area (Å²) in [5.74, 6) is -0.171. The molecule has 19 heavy (non-hydrogen) atoms. The third kappa shape index (κ3) is 2.90. The lowest BCUT2D eigenvalue weighted by Gasteiger charge is -2.46. The molecule has 4 heteroatoms. The largest absolute Gasteiger partial charge is 0.366 e. The molecular formula is C15H24FN3.